The molecule has 1 aliphatic rings. The first-order valence-corrected chi connectivity index (χ1v) is 6.33. The average molecular weight is 258 g/mol. The van der Waals surface area contributed by atoms with E-state index in [1.54, 1.807) is 6.20 Å². The van der Waals surface area contributed by atoms with E-state index in [9.17, 15) is 0 Å². The van der Waals surface area contributed by atoms with E-state index in [1.165, 1.54) is 12.8 Å². The predicted octanol–water partition coefficient (Wildman–Crippen LogP) is 1.01. The number of hydrogen-bond donors (Lipinski definition) is 2. The molecule has 1 heterocycles. The molecule has 2 rings (SSSR count). The van der Waals surface area contributed by atoms with Crippen LogP contribution in [-0.4, -0.2) is 35.3 Å². The first-order valence-electron chi connectivity index (χ1n) is 5.95. The Morgan fingerprint density at radius 1 is 1.65 bits per heavy atom. The van der Waals surface area contributed by atoms with Crippen molar-refractivity contribution in [3.63, 3.8) is 0 Å². The van der Waals surface area contributed by atoms with Gasteiger partial charge in [0.25, 0.3) is 0 Å². The molecular formula is C11H20ClN5. The van der Waals surface area contributed by atoms with Gasteiger partial charge in [-0.05, 0) is 32.9 Å². The summed E-state index contributed by atoms with van der Waals surface area (Å²) in [5, 5.41) is 5.04. The van der Waals surface area contributed by atoms with Gasteiger partial charge in [-0.15, -0.1) is 0 Å². The molecule has 1 aromatic heterocycles. The lowest BCUT2D eigenvalue weighted by Gasteiger charge is -2.19. The number of nitrogens with zero attached hydrogens (tertiary/aromatic N) is 3. The molecule has 6 heteroatoms. The van der Waals surface area contributed by atoms with E-state index in [1.807, 2.05) is 18.8 Å². The smallest absolute Gasteiger partial charge is 0.0834 e. The highest BCUT2D eigenvalue weighted by Crippen LogP contribution is 2.42. The lowest BCUT2D eigenvalue weighted by Crippen LogP contribution is -2.32. The molecule has 17 heavy (non-hydrogen) atoms. The highest BCUT2D eigenvalue weighted by Gasteiger charge is 2.35. The summed E-state index contributed by atoms with van der Waals surface area (Å²) in [6, 6.07) is 0.132. The van der Waals surface area contributed by atoms with Gasteiger partial charge in [-0.2, -0.15) is 5.10 Å². The normalized spacial score (nSPS) is 17.7. The summed E-state index contributed by atoms with van der Waals surface area (Å²) in [5.74, 6) is 6.24. The van der Waals surface area contributed by atoms with Crippen LogP contribution < -0.4 is 11.3 Å². The number of hydrazine groups is 1. The van der Waals surface area contributed by atoms with Crippen LogP contribution in [0.5, 0.6) is 0 Å². The number of likely N-dealkylation sites (N-methyl/N-ethyl adjacent to an activating group) is 1. The molecule has 1 fully saturated rings. The molecule has 0 amide bonds. The van der Waals surface area contributed by atoms with Crippen LogP contribution in [0.4, 0.5) is 0 Å². The molecule has 1 atom stereocenters. The third-order valence-corrected chi connectivity index (χ3v) is 3.45. The molecule has 0 spiro atoms. The lowest BCUT2D eigenvalue weighted by atomic mass is 10.1. The van der Waals surface area contributed by atoms with E-state index in [0.717, 1.165) is 18.8 Å². The molecule has 96 valence electrons. The van der Waals surface area contributed by atoms with Crippen molar-refractivity contribution in [1.29, 1.82) is 0 Å². The Morgan fingerprint density at radius 3 is 2.88 bits per heavy atom. The molecule has 0 aromatic carbocycles. The summed E-state index contributed by atoms with van der Waals surface area (Å²) in [6.45, 7) is 1.77. The first-order chi connectivity index (χ1) is 8.13. The quantitative estimate of drug-likeness (QED) is 0.590. The number of aromatic nitrogens is 2. The summed E-state index contributed by atoms with van der Waals surface area (Å²) in [7, 11) is 4.09. The second-order valence-corrected chi connectivity index (χ2v) is 5.29. The van der Waals surface area contributed by atoms with Gasteiger partial charge in [-0.3, -0.25) is 16.0 Å². The minimum Gasteiger partial charge on any atom is -0.308 e. The van der Waals surface area contributed by atoms with E-state index in [4.69, 9.17) is 17.4 Å². The molecule has 1 saturated carbocycles. The lowest BCUT2D eigenvalue weighted by molar-refractivity contribution is 0.358. The third-order valence-electron chi connectivity index (χ3n) is 3.16. The highest BCUT2D eigenvalue weighted by molar-refractivity contribution is 6.31. The van der Waals surface area contributed by atoms with E-state index in [0.29, 0.717) is 10.9 Å². The number of rotatable bonds is 6. The molecule has 0 saturated heterocycles. The van der Waals surface area contributed by atoms with E-state index >= 15 is 0 Å². The zero-order chi connectivity index (χ0) is 12.4. The fourth-order valence-corrected chi connectivity index (χ4v) is 2.28. The molecule has 1 aromatic rings. The van der Waals surface area contributed by atoms with Crippen LogP contribution in [0.1, 0.15) is 24.6 Å². The number of nitrogens with one attached hydrogen (secondary N) is 1. The van der Waals surface area contributed by atoms with Crippen LogP contribution in [0.15, 0.2) is 6.20 Å². The van der Waals surface area contributed by atoms with E-state index in [-0.39, 0.29) is 6.04 Å². The van der Waals surface area contributed by atoms with Crippen molar-refractivity contribution >= 4 is 11.6 Å². The Balaban J connectivity index is 2.15. The molecule has 5 nitrogen and oxygen atoms in total. The van der Waals surface area contributed by atoms with Crippen molar-refractivity contribution in [1.82, 2.24) is 20.1 Å². The second kappa shape index (κ2) is 5.35. The standard InChI is InChI=1S/C11H20ClN5/c1-16(2)5-6-17-11(9(12)7-14-17)10(15-13)8-3-4-8/h7-8,10,15H,3-6,13H2,1-2H3. The van der Waals surface area contributed by atoms with Crippen molar-refractivity contribution in [2.75, 3.05) is 20.6 Å². The van der Waals surface area contributed by atoms with Crippen LogP contribution in [-0.2, 0) is 6.54 Å². The second-order valence-electron chi connectivity index (χ2n) is 4.89. The maximum atomic E-state index is 6.21. The fraction of sp³-hybridized carbons (Fsp3) is 0.727. The maximum absolute atomic E-state index is 6.21. The Hall–Kier alpha value is -0.620. The monoisotopic (exact) mass is 257 g/mol. The summed E-state index contributed by atoms with van der Waals surface area (Å²) >= 11 is 6.21. The molecule has 1 aliphatic carbocycles. The molecule has 1 unspecified atom stereocenters. The Bertz CT molecular complexity index is 372. The van der Waals surface area contributed by atoms with Gasteiger partial charge >= 0.3 is 0 Å². The van der Waals surface area contributed by atoms with Crippen molar-refractivity contribution in [3.8, 4) is 0 Å². The van der Waals surface area contributed by atoms with Gasteiger partial charge in [-0.1, -0.05) is 11.6 Å². The van der Waals surface area contributed by atoms with Crippen LogP contribution in [0.3, 0.4) is 0 Å². The van der Waals surface area contributed by atoms with Crippen LogP contribution in [0.2, 0.25) is 5.02 Å². The zero-order valence-electron chi connectivity index (χ0n) is 10.4. The van der Waals surface area contributed by atoms with E-state index < -0.39 is 0 Å². The van der Waals surface area contributed by atoms with Crippen LogP contribution in [0, 0.1) is 5.92 Å². The number of hydrogen-bond acceptors (Lipinski definition) is 4. The topological polar surface area (TPSA) is 59.1 Å². The summed E-state index contributed by atoms with van der Waals surface area (Å²) in [6.07, 6.45) is 4.13. The summed E-state index contributed by atoms with van der Waals surface area (Å²) in [4.78, 5) is 2.13. The Morgan fingerprint density at radius 2 is 2.35 bits per heavy atom. The largest absolute Gasteiger partial charge is 0.308 e. The van der Waals surface area contributed by atoms with Crippen molar-refractivity contribution in [2.24, 2.45) is 11.8 Å². The van der Waals surface area contributed by atoms with Gasteiger partial charge < -0.3 is 4.90 Å². The predicted molar refractivity (Wildman–Crippen MR) is 68.6 cm³/mol. The number of halogens is 1. The maximum Gasteiger partial charge on any atom is 0.0834 e. The van der Waals surface area contributed by atoms with Gasteiger partial charge in [-0.25, -0.2) is 0 Å². The van der Waals surface area contributed by atoms with Gasteiger partial charge in [0.1, 0.15) is 0 Å². The van der Waals surface area contributed by atoms with Gasteiger partial charge in [0, 0.05) is 6.54 Å². The molecular weight excluding hydrogens is 238 g/mol. The summed E-state index contributed by atoms with van der Waals surface area (Å²) in [5.41, 5.74) is 3.90. The number of nitrogens with two attached hydrogens (primary N) is 1. The fourth-order valence-electron chi connectivity index (χ4n) is 2.02. The molecule has 0 aliphatic heterocycles. The minimum absolute atomic E-state index is 0.132. The van der Waals surface area contributed by atoms with Crippen molar-refractivity contribution in [3.05, 3.63) is 16.9 Å². The van der Waals surface area contributed by atoms with Crippen molar-refractivity contribution in [2.45, 2.75) is 25.4 Å². The van der Waals surface area contributed by atoms with Gasteiger partial charge in [0.05, 0.1) is 29.5 Å². The summed E-state index contributed by atoms with van der Waals surface area (Å²) < 4.78 is 1.96. The molecule has 0 bridgehead atoms. The minimum atomic E-state index is 0.132. The zero-order valence-corrected chi connectivity index (χ0v) is 11.1. The SMILES string of the molecule is CN(C)CCn1ncc(Cl)c1C(NN)C1CC1. The average Bonchev–Trinajstić information content (AvgIpc) is 3.04. The van der Waals surface area contributed by atoms with Crippen LogP contribution >= 0.6 is 11.6 Å². The first kappa shape index (κ1) is 12.8. The molecule has 0 radical (unpaired) electrons. The van der Waals surface area contributed by atoms with Crippen molar-refractivity contribution < 1.29 is 0 Å². The van der Waals surface area contributed by atoms with Gasteiger partial charge in [0.2, 0.25) is 0 Å². The van der Waals surface area contributed by atoms with E-state index in [2.05, 4.69) is 15.4 Å². The van der Waals surface area contributed by atoms with Gasteiger partial charge in [0.15, 0.2) is 0 Å². The molecule has 3 N–H and O–H groups in total. The highest BCUT2D eigenvalue weighted by atomic mass is 35.5. The van der Waals surface area contributed by atoms with Crippen LogP contribution in [0.25, 0.3) is 0 Å². The Kier molecular flexibility index (Phi) is 4.04. The Labute approximate surface area is 107 Å². The third kappa shape index (κ3) is 2.98.